The van der Waals surface area contributed by atoms with Crippen LogP contribution in [0.15, 0.2) is 255 Å². The second-order valence-corrected chi connectivity index (χ2v) is 20.4. The van der Waals surface area contributed by atoms with Crippen LogP contribution in [0.4, 0.5) is 0 Å². The first-order valence-electron chi connectivity index (χ1n) is 25.0. The Morgan fingerprint density at radius 1 is 0.219 bits per heavy atom. The van der Waals surface area contributed by atoms with Crippen LogP contribution in [0.25, 0.3) is 141 Å². The van der Waals surface area contributed by atoms with Crippen LogP contribution in [0.2, 0.25) is 0 Å². The van der Waals surface area contributed by atoms with E-state index < -0.39 is 0 Å². The van der Waals surface area contributed by atoms with E-state index in [1.807, 2.05) is 11.3 Å². The lowest BCUT2D eigenvalue weighted by molar-refractivity contribution is 1.16. The summed E-state index contributed by atoms with van der Waals surface area (Å²) >= 11 is 1.86. The second kappa shape index (κ2) is 15.5. The zero-order valence-corrected chi connectivity index (χ0v) is 40.3. The third-order valence-corrected chi connectivity index (χ3v) is 16.5. The van der Waals surface area contributed by atoms with Crippen molar-refractivity contribution >= 4 is 130 Å². The maximum Gasteiger partial charge on any atom is 0.0542 e. The fraction of sp³-hybridized carbons (Fsp3) is 0. The molecule has 0 amide bonds. The van der Waals surface area contributed by atoms with Crippen LogP contribution < -0.4 is 0 Å². The summed E-state index contributed by atoms with van der Waals surface area (Å²) in [6.07, 6.45) is 0. The predicted molar refractivity (Wildman–Crippen MR) is 312 cm³/mol. The molecule has 16 rings (SSSR count). The molecular formula is C68H42N4S. The topological polar surface area (TPSA) is 19.7 Å². The summed E-state index contributed by atoms with van der Waals surface area (Å²) < 4.78 is 12.3. The molecule has 340 valence electrons. The van der Waals surface area contributed by atoms with Crippen molar-refractivity contribution in [3.63, 3.8) is 0 Å². The van der Waals surface area contributed by atoms with Crippen molar-refractivity contribution in [2.75, 3.05) is 0 Å². The molecule has 5 heteroatoms. The van der Waals surface area contributed by atoms with Crippen molar-refractivity contribution in [3.8, 4) is 22.7 Å². The molecule has 0 saturated carbocycles. The summed E-state index contributed by atoms with van der Waals surface area (Å²) in [5.41, 5.74) is 13.7. The minimum Gasteiger partial charge on any atom is -0.310 e. The summed E-state index contributed by atoms with van der Waals surface area (Å²) in [5.74, 6) is 0. The zero-order valence-electron chi connectivity index (χ0n) is 39.4. The first-order valence-corrected chi connectivity index (χ1v) is 25.8. The highest BCUT2D eigenvalue weighted by Gasteiger charge is 2.18. The second-order valence-electron chi connectivity index (χ2n) is 19.3. The van der Waals surface area contributed by atoms with Gasteiger partial charge in [0.1, 0.15) is 0 Å². The number of rotatable bonds is 4. The molecule has 12 aromatic carbocycles. The number of benzene rings is 12. The molecule has 0 N–H and O–H groups in total. The van der Waals surface area contributed by atoms with E-state index in [1.165, 1.54) is 96.7 Å². The normalized spacial score (nSPS) is 12.1. The number of hydrogen-bond acceptors (Lipinski definition) is 1. The van der Waals surface area contributed by atoms with Gasteiger partial charge in [0.25, 0.3) is 0 Å². The van der Waals surface area contributed by atoms with E-state index in [1.54, 1.807) is 0 Å². The van der Waals surface area contributed by atoms with Gasteiger partial charge < -0.3 is 18.3 Å². The Kier molecular flexibility index (Phi) is 8.58. The van der Waals surface area contributed by atoms with Gasteiger partial charge in [0.2, 0.25) is 0 Å². The first kappa shape index (κ1) is 40.3. The van der Waals surface area contributed by atoms with Crippen molar-refractivity contribution in [1.29, 1.82) is 0 Å². The summed E-state index contributed by atoms with van der Waals surface area (Å²) in [6, 6.07) is 94.6. The van der Waals surface area contributed by atoms with Gasteiger partial charge >= 0.3 is 0 Å². The maximum atomic E-state index is 2.45. The lowest BCUT2D eigenvalue weighted by atomic mass is 10.1. The highest BCUT2D eigenvalue weighted by molar-refractivity contribution is 7.25. The molecule has 0 saturated heterocycles. The highest BCUT2D eigenvalue weighted by atomic mass is 32.1. The lowest BCUT2D eigenvalue weighted by Crippen LogP contribution is -1.99. The van der Waals surface area contributed by atoms with Crippen LogP contribution >= 0.6 is 11.3 Å². The summed E-state index contributed by atoms with van der Waals surface area (Å²) in [7, 11) is 0. The summed E-state index contributed by atoms with van der Waals surface area (Å²) in [5, 5.41) is 14.6. The number of aromatic nitrogens is 4. The van der Waals surface area contributed by atoms with Crippen LogP contribution in [0.3, 0.4) is 0 Å². The molecule has 8 bridgehead atoms. The minimum absolute atomic E-state index is 1.10. The quantitative estimate of drug-likeness (QED) is 0.168. The van der Waals surface area contributed by atoms with Crippen molar-refractivity contribution in [2.24, 2.45) is 0 Å². The minimum atomic E-state index is 1.10. The van der Waals surface area contributed by atoms with E-state index in [0.29, 0.717) is 0 Å². The number of para-hydroxylation sites is 2. The van der Waals surface area contributed by atoms with Gasteiger partial charge in [0, 0.05) is 85.9 Å². The molecule has 0 spiro atoms. The molecule has 0 unspecified atom stereocenters. The molecule has 0 aliphatic heterocycles. The van der Waals surface area contributed by atoms with Crippen LogP contribution in [0.1, 0.15) is 0 Å². The standard InChI is InChI=1S/C68H42N4S/c1-3-21-53-43(13-1)15-11-27-61(53)71-63-25-7-5-23-55(63)57-39-49(29-33-65(57)71)69-47-19-9-17-45(37-47)46-18-10-20-48(38-46)70(52-32-36-68-60(42-52)59-41-51(69)31-35-67(59)73-68)50-30-34-66-58(40-50)56-24-6-8-26-64(56)72(66)62-28-12-16-44-14-2-4-22-54(44)62/h1-42H. The number of nitrogens with zero attached hydrogens (tertiary/aromatic N) is 4. The number of fused-ring (bicyclic) bond motifs is 15. The van der Waals surface area contributed by atoms with Crippen molar-refractivity contribution in [2.45, 2.75) is 0 Å². The van der Waals surface area contributed by atoms with Gasteiger partial charge in [-0.1, -0.05) is 133 Å². The molecule has 0 atom stereocenters. The van der Waals surface area contributed by atoms with Gasteiger partial charge in [0.05, 0.1) is 33.4 Å². The molecular weight excluding hydrogens is 905 g/mol. The Morgan fingerprint density at radius 2 is 0.603 bits per heavy atom. The molecule has 4 nitrogen and oxygen atoms in total. The Hall–Kier alpha value is -9.42. The molecule has 0 fully saturated rings. The van der Waals surface area contributed by atoms with E-state index in [0.717, 1.165) is 44.2 Å². The van der Waals surface area contributed by atoms with Crippen LogP contribution in [-0.2, 0) is 0 Å². The van der Waals surface area contributed by atoms with Gasteiger partial charge in [0.15, 0.2) is 0 Å². The number of thiophene rings is 1. The van der Waals surface area contributed by atoms with E-state index in [-0.39, 0.29) is 0 Å². The summed E-state index contributed by atoms with van der Waals surface area (Å²) in [6.45, 7) is 0. The van der Waals surface area contributed by atoms with E-state index in [4.69, 9.17) is 0 Å². The Balaban J connectivity index is 0.957. The van der Waals surface area contributed by atoms with Gasteiger partial charge in [-0.25, -0.2) is 0 Å². The fourth-order valence-corrected chi connectivity index (χ4v) is 13.2. The predicted octanol–water partition coefficient (Wildman–Crippen LogP) is 18.7. The third kappa shape index (κ3) is 6.07. The van der Waals surface area contributed by atoms with Crippen LogP contribution in [-0.4, -0.2) is 18.3 Å². The van der Waals surface area contributed by atoms with Crippen molar-refractivity contribution < 1.29 is 0 Å². The lowest BCUT2D eigenvalue weighted by Gasteiger charge is -2.15. The van der Waals surface area contributed by atoms with Gasteiger partial charge in [-0.2, -0.15) is 0 Å². The van der Waals surface area contributed by atoms with Gasteiger partial charge in [-0.05, 0) is 143 Å². The SMILES string of the molecule is c1ccc2c(-n3c4ccccc4c4cc(-n5c6cccc(c6)c6cccc(c6)n(-c6ccc7c(c6)c6ccccc6n7-c6cccc7ccccc67)c6ccc7sc8ccc5cc8c7c6)ccc43)cccc2c1. The monoisotopic (exact) mass is 946 g/mol. The molecule has 4 heterocycles. The molecule has 0 radical (unpaired) electrons. The zero-order chi connectivity index (χ0) is 47.7. The Morgan fingerprint density at radius 3 is 1.10 bits per heavy atom. The largest absolute Gasteiger partial charge is 0.310 e. The van der Waals surface area contributed by atoms with Crippen LogP contribution in [0.5, 0.6) is 0 Å². The highest BCUT2D eigenvalue weighted by Crippen LogP contribution is 2.41. The van der Waals surface area contributed by atoms with E-state index in [2.05, 4.69) is 273 Å². The number of hydrogen-bond donors (Lipinski definition) is 0. The van der Waals surface area contributed by atoms with E-state index in [9.17, 15) is 0 Å². The molecule has 4 aromatic heterocycles. The fourth-order valence-electron chi connectivity index (χ4n) is 12.1. The van der Waals surface area contributed by atoms with Crippen LogP contribution in [0, 0.1) is 0 Å². The maximum absolute atomic E-state index is 2.45. The average Bonchev–Trinajstić information content (AvgIpc) is 4.10. The van der Waals surface area contributed by atoms with Crippen molar-refractivity contribution in [1.82, 2.24) is 18.3 Å². The van der Waals surface area contributed by atoms with E-state index >= 15 is 0 Å². The Bertz CT molecular complexity index is 4730. The summed E-state index contributed by atoms with van der Waals surface area (Å²) in [4.78, 5) is 0. The average molecular weight is 947 g/mol. The Labute approximate surface area is 423 Å². The molecule has 73 heavy (non-hydrogen) atoms. The smallest absolute Gasteiger partial charge is 0.0542 e. The van der Waals surface area contributed by atoms with Gasteiger partial charge in [-0.3, -0.25) is 0 Å². The van der Waals surface area contributed by atoms with Crippen molar-refractivity contribution in [3.05, 3.63) is 255 Å². The third-order valence-electron chi connectivity index (χ3n) is 15.3. The van der Waals surface area contributed by atoms with Gasteiger partial charge in [-0.15, -0.1) is 11.3 Å². The first-order chi connectivity index (χ1) is 36.2. The molecule has 16 aromatic rings. The molecule has 0 aliphatic rings. The molecule has 0 aliphatic carbocycles.